The van der Waals surface area contributed by atoms with Crippen LogP contribution in [0.3, 0.4) is 0 Å². The number of halogens is 1. The minimum absolute atomic E-state index is 0. The van der Waals surface area contributed by atoms with Crippen molar-refractivity contribution in [1.29, 1.82) is 0 Å². The van der Waals surface area contributed by atoms with Crippen LogP contribution in [0.2, 0.25) is 0 Å². The fraction of sp³-hybridized carbons (Fsp3) is 0.789. The summed E-state index contributed by atoms with van der Waals surface area (Å²) in [5.74, 6) is 2.55. The Kier molecular flexibility index (Phi) is 11.2. The number of rotatable bonds is 8. The number of imidazole rings is 1. The van der Waals surface area contributed by atoms with Crippen molar-refractivity contribution in [2.75, 3.05) is 26.2 Å². The predicted octanol–water partition coefficient (Wildman–Crippen LogP) is 3.09. The van der Waals surface area contributed by atoms with Gasteiger partial charge in [0.05, 0.1) is 0 Å². The van der Waals surface area contributed by atoms with Crippen LogP contribution in [0.1, 0.15) is 52.8 Å². The van der Waals surface area contributed by atoms with Crippen LogP contribution in [0.15, 0.2) is 17.4 Å². The first-order valence-corrected chi connectivity index (χ1v) is 9.89. The Balaban J connectivity index is 0.00000338. The molecule has 7 heteroatoms. The first kappa shape index (κ1) is 23.2. The van der Waals surface area contributed by atoms with E-state index in [9.17, 15) is 0 Å². The number of aliphatic imine (C=N–C) groups is 1. The van der Waals surface area contributed by atoms with Gasteiger partial charge in [0.2, 0.25) is 0 Å². The molecule has 0 amide bonds. The number of piperidine rings is 1. The van der Waals surface area contributed by atoms with Crippen LogP contribution in [0.5, 0.6) is 0 Å². The molecule has 1 aliphatic heterocycles. The summed E-state index contributed by atoms with van der Waals surface area (Å²) in [7, 11) is 0. The maximum Gasteiger partial charge on any atom is 0.191 e. The van der Waals surface area contributed by atoms with E-state index in [1.165, 1.54) is 38.9 Å². The lowest BCUT2D eigenvalue weighted by molar-refractivity contribution is 0.206. The van der Waals surface area contributed by atoms with E-state index in [1.54, 1.807) is 0 Å². The van der Waals surface area contributed by atoms with Gasteiger partial charge in [0.1, 0.15) is 12.4 Å². The van der Waals surface area contributed by atoms with Crippen molar-refractivity contribution >= 4 is 29.9 Å². The van der Waals surface area contributed by atoms with Crippen molar-refractivity contribution in [2.24, 2.45) is 10.9 Å². The third-order valence-electron chi connectivity index (χ3n) is 4.55. The van der Waals surface area contributed by atoms with Crippen LogP contribution in [0, 0.1) is 5.92 Å². The molecule has 1 aliphatic rings. The summed E-state index contributed by atoms with van der Waals surface area (Å²) < 4.78 is 2.21. The van der Waals surface area contributed by atoms with Gasteiger partial charge in [-0.3, -0.25) is 0 Å². The second-order valence-electron chi connectivity index (χ2n) is 7.35. The molecular weight excluding hydrogens is 439 g/mol. The SMILES string of the molecule is CCCN1CCC(NC(=NCc2nccn2CC(C)C)NCC)CC1.I. The third-order valence-corrected chi connectivity index (χ3v) is 4.55. The van der Waals surface area contributed by atoms with Crippen molar-refractivity contribution < 1.29 is 0 Å². The van der Waals surface area contributed by atoms with Crippen molar-refractivity contribution in [3.63, 3.8) is 0 Å². The number of aromatic nitrogens is 2. The van der Waals surface area contributed by atoms with Gasteiger partial charge in [-0.25, -0.2) is 9.98 Å². The first-order chi connectivity index (χ1) is 12.1. The van der Waals surface area contributed by atoms with Crippen LogP contribution in [0.25, 0.3) is 0 Å². The minimum Gasteiger partial charge on any atom is -0.357 e. The second kappa shape index (κ2) is 12.5. The normalized spacial score (nSPS) is 16.6. The van der Waals surface area contributed by atoms with Gasteiger partial charge in [-0.15, -0.1) is 24.0 Å². The Morgan fingerprint density at radius 2 is 2.04 bits per heavy atom. The van der Waals surface area contributed by atoms with Crippen LogP contribution < -0.4 is 10.6 Å². The van der Waals surface area contributed by atoms with E-state index in [-0.39, 0.29) is 24.0 Å². The summed E-state index contributed by atoms with van der Waals surface area (Å²) in [6.45, 7) is 14.9. The smallest absolute Gasteiger partial charge is 0.191 e. The standard InChI is InChI=1S/C19H36N6.HI/c1-5-10-24-11-7-17(8-12-24)23-19(20-6-2)22-14-18-21-9-13-25(18)15-16(3)4;/h9,13,16-17H,5-8,10-12,14-15H2,1-4H3,(H2,20,22,23);1H. The molecule has 1 aromatic heterocycles. The molecule has 0 aliphatic carbocycles. The summed E-state index contributed by atoms with van der Waals surface area (Å²) in [5.41, 5.74) is 0. The quantitative estimate of drug-likeness (QED) is 0.344. The molecule has 1 aromatic rings. The van der Waals surface area contributed by atoms with Gasteiger partial charge in [0, 0.05) is 44.6 Å². The van der Waals surface area contributed by atoms with E-state index in [0.717, 1.165) is 24.9 Å². The molecule has 2 heterocycles. The zero-order valence-electron chi connectivity index (χ0n) is 16.9. The zero-order chi connectivity index (χ0) is 18.1. The largest absolute Gasteiger partial charge is 0.357 e. The molecule has 2 N–H and O–H groups in total. The summed E-state index contributed by atoms with van der Waals surface area (Å²) in [6.07, 6.45) is 7.54. The summed E-state index contributed by atoms with van der Waals surface area (Å²) >= 11 is 0. The zero-order valence-corrected chi connectivity index (χ0v) is 19.2. The lowest BCUT2D eigenvalue weighted by Crippen LogP contribution is -2.48. The monoisotopic (exact) mass is 476 g/mol. The second-order valence-corrected chi connectivity index (χ2v) is 7.35. The lowest BCUT2D eigenvalue weighted by Gasteiger charge is -2.32. The van der Waals surface area contributed by atoms with Gasteiger partial charge >= 0.3 is 0 Å². The predicted molar refractivity (Wildman–Crippen MR) is 120 cm³/mol. The Bertz CT molecular complexity index is 520. The number of likely N-dealkylation sites (tertiary alicyclic amines) is 1. The minimum atomic E-state index is 0. The molecule has 0 bridgehead atoms. The van der Waals surface area contributed by atoms with Gasteiger partial charge in [-0.05, 0) is 38.6 Å². The molecule has 0 atom stereocenters. The molecule has 0 aromatic carbocycles. The highest BCUT2D eigenvalue weighted by Gasteiger charge is 2.19. The molecule has 26 heavy (non-hydrogen) atoms. The molecular formula is C19H37IN6. The molecule has 0 radical (unpaired) electrons. The van der Waals surface area contributed by atoms with Crippen LogP contribution in [-0.2, 0) is 13.1 Å². The Morgan fingerprint density at radius 3 is 2.65 bits per heavy atom. The molecule has 0 saturated carbocycles. The van der Waals surface area contributed by atoms with Crippen molar-refractivity contribution in [2.45, 2.75) is 66.1 Å². The highest BCUT2D eigenvalue weighted by atomic mass is 127. The molecule has 2 rings (SSSR count). The molecule has 0 spiro atoms. The third kappa shape index (κ3) is 7.82. The van der Waals surface area contributed by atoms with E-state index in [1.807, 2.05) is 6.20 Å². The van der Waals surface area contributed by atoms with E-state index in [0.29, 0.717) is 18.5 Å². The number of hydrogen-bond donors (Lipinski definition) is 2. The number of nitrogens with one attached hydrogen (secondary N) is 2. The van der Waals surface area contributed by atoms with E-state index in [2.05, 4.69) is 59.0 Å². The molecule has 150 valence electrons. The number of hydrogen-bond acceptors (Lipinski definition) is 3. The molecule has 0 unspecified atom stereocenters. The van der Waals surface area contributed by atoms with Crippen molar-refractivity contribution in [3.05, 3.63) is 18.2 Å². The van der Waals surface area contributed by atoms with Gasteiger partial charge < -0.3 is 20.1 Å². The summed E-state index contributed by atoms with van der Waals surface area (Å²) in [4.78, 5) is 11.8. The average Bonchev–Trinajstić information content (AvgIpc) is 3.01. The Morgan fingerprint density at radius 1 is 1.31 bits per heavy atom. The fourth-order valence-electron chi connectivity index (χ4n) is 3.33. The maximum absolute atomic E-state index is 4.77. The van der Waals surface area contributed by atoms with Gasteiger partial charge in [0.25, 0.3) is 0 Å². The Labute approximate surface area is 176 Å². The van der Waals surface area contributed by atoms with Gasteiger partial charge in [-0.2, -0.15) is 0 Å². The number of guanidine groups is 1. The Hall–Kier alpha value is -0.830. The fourth-order valence-corrected chi connectivity index (χ4v) is 3.33. The highest BCUT2D eigenvalue weighted by molar-refractivity contribution is 14.0. The van der Waals surface area contributed by atoms with Crippen LogP contribution in [-0.4, -0.2) is 52.6 Å². The molecule has 6 nitrogen and oxygen atoms in total. The van der Waals surface area contributed by atoms with Crippen LogP contribution in [0.4, 0.5) is 0 Å². The maximum atomic E-state index is 4.77. The van der Waals surface area contributed by atoms with Crippen LogP contribution >= 0.6 is 24.0 Å². The average molecular weight is 476 g/mol. The van der Waals surface area contributed by atoms with E-state index in [4.69, 9.17) is 4.99 Å². The van der Waals surface area contributed by atoms with Crippen molar-refractivity contribution in [3.8, 4) is 0 Å². The summed E-state index contributed by atoms with van der Waals surface area (Å²) in [6, 6.07) is 0.515. The van der Waals surface area contributed by atoms with Gasteiger partial charge in [-0.1, -0.05) is 20.8 Å². The first-order valence-electron chi connectivity index (χ1n) is 9.89. The van der Waals surface area contributed by atoms with Crippen molar-refractivity contribution in [1.82, 2.24) is 25.1 Å². The summed E-state index contributed by atoms with van der Waals surface area (Å²) in [5, 5.41) is 6.99. The number of nitrogens with zero attached hydrogens (tertiary/aromatic N) is 4. The highest BCUT2D eigenvalue weighted by Crippen LogP contribution is 2.11. The van der Waals surface area contributed by atoms with Gasteiger partial charge in [0.15, 0.2) is 5.96 Å². The molecule has 1 fully saturated rings. The topological polar surface area (TPSA) is 57.5 Å². The van der Waals surface area contributed by atoms with E-state index >= 15 is 0 Å². The lowest BCUT2D eigenvalue weighted by atomic mass is 10.1. The molecule has 1 saturated heterocycles. The van der Waals surface area contributed by atoms with E-state index < -0.39 is 0 Å².